The number of nitrogens with one attached hydrogen (secondary N) is 2. The summed E-state index contributed by atoms with van der Waals surface area (Å²) in [7, 11) is 0. The highest BCUT2D eigenvalue weighted by molar-refractivity contribution is 5.86. The molecule has 0 aromatic carbocycles. The van der Waals surface area contributed by atoms with Gasteiger partial charge in [-0.15, -0.1) is 0 Å². The number of hydrogen-bond acceptors (Lipinski definition) is 3. The van der Waals surface area contributed by atoms with E-state index in [1.54, 1.807) is 0 Å². The van der Waals surface area contributed by atoms with Gasteiger partial charge in [-0.1, -0.05) is 13.3 Å². The summed E-state index contributed by atoms with van der Waals surface area (Å²) in [6.45, 7) is 7.26. The van der Waals surface area contributed by atoms with E-state index in [0.29, 0.717) is 6.54 Å². The van der Waals surface area contributed by atoms with Crippen molar-refractivity contribution in [2.45, 2.75) is 51.5 Å². The lowest BCUT2D eigenvalue weighted by molar-refractivity contribution is -0.127. The van der Waals surface area contributed by atoms with Gasteiger partial charge < -0.3 is 15.4 Å². The Morgan fingerprint density at radius 2 is 2.29 bits per heavy atom. The fourth-order valence-corrected chi connectivity index (χ4v) is 2.44. The molecule has 4 heteroatoms. The molecule has 1 fully saturated rings. The van der Waals surface area contributed by atoms with Gasteiger partial charge in [0.2, 0.25) is 5.91 Å². The van der Waals surface area contributed by atoms with Crippen molar-refractivity contribution in [2.75, 3.05) is 26.3 Å². The van der Waals surface area contributed by atoms with Crippen LogP contribution in [0.15, 0.2) is 0 Å². The van der Waals surface area contributed by atoms with E-state index in [4.69, 9.17) is 4.74 Å². The Hall–Kier alpha value is -0.610. The second kappa shape index (κ2) is 7.67. The first-order valence-electron chi connectivity index (χ1n) is 6.86. The number of carbonyl (C=O) groups excluding carboxylic acids is 1. The van der Waals surface area contributed by atoms with Crippen LogP contribution in [0.2, 0.25) is 0 Å². The van der Waals surface area contributed by atoms with Gasteiger partial charge in [0, 0.05) is 19.8 Å². The summed E-state index contributed by atoms with van der Waals surface area (Å²) in [5.74, 6) is 0.174. The van der Waals surface area contributed by atoms with Crippen molar-refractivity contribution in [3.8, 4) is 0 Å². The predicted octanol–water partition coefficient (Wildman–Crippen LogP) is 1.45. The normalized spacial score (nSPS) is 23.9. The SMILES string of the molecule is CCCC1(C(=O)NCCCOCC)CCCN1. The number of rotatable bonds is 8. The van der Waals surface area contributed by atoms with Gasteiger partial charge in [-0.25, -0.2) is 0 Å². The van der Waals surface area contributed by atoms with E-state index in [1.165, 1.54) is 0 Å². The van der Waals surface area contributed by atoms with E-state index in [1.807, 2.05) is 6.92 Å². The monoisotopic (exact) mass is 242 g/mol. The Kier molecular flexibility index (Phi) is 6.52. The minimum atomic E-state index is -0.291. The second-order valence-corrected chi connectivity index (χ2v) is 4.67. The molecule has 0 aromatic rings. The van der Waals surface area contributed by atoms with Crippen molar-refractivity contribution in [1.29, 1.82) is 0 Å². The van der Waals surface area contributed by atoms with Crippen molar-refractivity contribution >= 4 is 5.91 Å². The Morgan fingerprint density at radius 3 is 2.88 bits per heavy atom. The molecule has 0 spiro atoms. The molecular formula is C13H26N2O2. The number of amides is 1. The van der Waals surface area contributed by atoms with E-state index < -0.39 is 0 Å². The Labute approximate surface area is 104 Å². The molecule has 1 atom stereocenters. The summed E-state index contributed by atoms with van der Waals surface area (Å²) in [6.07, 6.45) is 4.94. The number of ether oxygens (including phenoxy) is 1. The molecule has 4 nitrogen and oxygen atoms in total. The first-order valence-corrected chi connectivity index (χ1v) is 6.86. The Bertz CT molecular complexity index is 225. The minimum Gasteiger partial charge on any atom is -0.382 e. The van der Waals surface area contributed by atoms with Gasteiger partial charge in [-0.3, -0.25) is 4.79 Å². The molecule has 1 aliphatic heterocycles. The van der Waals surface area contributed by atoms with E-state index in [-0.39, 0.29) is 11.4 Å². The minimum absolute atomic E-state index is 0.174. The highest BCUT2D eigenvalue weighted by Gasteiger charge is 2.39. The fourth-order valence-electron chi connectivity index (χ4n) is 2.44. The largest absolute Gasteiger partial charge is 0.382 e. The summed E-state index contributed by atoms with van der Waals surface area (Å²) in [5, 5.41) is 6.41. The third-order valence-electron chi connectivity index (χ3n) is 3.31. The molecule has 1 saturated heterocycles. The van der Waals surface area contributed by atoms with Crippen molar-refractivity contribution < 1.29 is 9.53 Å². The smallest absolute Gasteiger partial charge is 0.240 e. The van der Waals surface area contributed by atoms with E-state index in [0.717, 1.165) is 51.9 Å². The van der Waals surface area contributed by atoms with Crippen molar-refractivity contribution in [3.05, 3.63) is 0 Å². The Morgan fingerprint density at radius 1 is 1.47 bits per heavy atom. The van der Waals surface area contributed by atoms with Gasteiger partial charge in [0.1, 0.15) is 0 Å². The van der Waals surface area contributed by atoms with Gasteiger partial charge in [-0.05, 0) is 39.2 Å². The first kappa shape index (κ1) is 14.5. The summed E-state index contributed by atoms with van der Waals surface area (Å²) in [6, 6.07) is 0. The molecule has 17 heavy (non-hydrogen) atoms. The van der Waals surface area contributed by atoms with Crippen LogP contribution in [0.3, 0.4) is 0 Å². The van der Waals surface area contributed by atoms with Gasteiger partial charge in [-0.2, -0.15) is 0 Å². The van der Waals surface area contributed by atoms with Crippen LogP contribution >= 0.6 is 0 Å². The van der Waals surface area contributed by atoms with Gasteiger partial charge >= 0.3 is 0 Å². The maximum absolute atomic E-state index is 12.2. The molecule has 1 aliphatic rings. The highest BCUT2D eigenvalue weighted by Crippen LogP contribution is 2.24. The molecule has 2 N–H and O–H groups in total. The lowest BCUT2D eigenvalue weighted by Gasteiger charge is -2.27. The zero-order valence-corrected chi connectivity index (χ0v) is 11.2. The van der Waals surface area contributed by atoms with Crippen LogP contribution in [0, 0.1) is 0 Å². The second-order valence-electron chi connectivity index (χ2n) is 4.67. The maximum Gasteiger partial charge on any atom is 0.240 e. The lowest BCUT2D eigenvalue weighted by Crippen LogP contribution is -2.53. The van der Waals surface area contributed by atoms with Gasteiger partial charge in [0.15, 0.2) is 0 Å². The van der Waals surface area contributed by atoms with Crippen LogP contribution in [-0.4, -0.2) is 37.7 Å². The molecule has 0 radical (unpaired) electrons. The molecular weight excluding hydrogens is 216 g/mol. The maximum atomic E-state index is 12.2. The summed E-state index contributed by atoms with van der Waals surface area (Å²) in [5.41, 5.74) is -0.291. The average molecular weight is 242 g/mol. The van der Waals surface area contributed by atoms with Crippen LogP contribution in [-0.2, 0) is 9.53 Å². The molecule has 0 bridgehead atoms. The van der Waals surface area contributed by atoms with Crippen molar-refractivity contribution in [2.24, 2.45) is 0 Å². The lowest BCUT2D eigenvalue weighted by atomic mass is 9.91. The summed E-state index contributed by atoms with van der Waals surface area (Å²) < 4.78 is 5.25. The zero-order chi connectivity index (χ0) is 12.6. The predicted molar refractivity (Wildman–Crippen MR) is 69.0 cm³/mol. The van der Waals surface area contributed by atoms with E-state index >= 15 is 0 Å². The summed E-state index contributed by atoms with van der Waals surface area (Å²) in [4.78, 5) is 12.2. The number of carbonyl (C=O) groups is 1. The van der Waals surface area contributed by atoms with Gasteiger partial charge in [0.25, 0.3) is 0 Å². The van der Waals surface area contributed by atoms with Crippen LogP contribution < -0.4 is 10.6 Å². The third kappa shape index (κ3) is 4.28. The fraction of sp³-hybridized carbons (Fsp3) is 0.923. The van der Waals surface area contributed by atoms with Crippen molar-refractivity contribution in [1.82, 2.24) is 10.6 Å². The van der Waals surface area contributed by atoms with Crippen LogP contribution in [0.5, 0.6) is 0 Å². The van der Waals surface area contributed by atoms with Gasteiger partial charge in [0.05, 0.1) is 5.54 Å². The molecule has 0 aromatic heterocycles. The standard InChI is InChI=1S/C13H26N2O2/c1-3-7-13(8-5-10-15-13)12(16)14-9-6-11-17-4-2/h15H,3-11H2,1-2H3,(H,14,16). The third-order valence-corrected chi connectivity index (χ3v) is 3.31. The molecule has 1 amide bonds. The Balaban J connectivity index is 2.28. The molecule has 0 aliphatic carbocycles. The molecule has 0 saturated carbocycles. The molecule has 100 valence electrons. The van der Waals surface area contributed by atoms with Crippen LogP contribution in [0.4, 0.5) is 0 Å². The van der Waals surface area contributed by atoms with E-state index in [9.17, 15) is 4.79 Å². The van der Waals surface area contributed by atoms with E-state index in [2.05, 4.69) is 17.6 Å². The number of hydrogen-bond donors (Lipinski definition) is 2. The topological polar surface area (TPSA) is 50.4 Å². The van der Waals surface area contributed by atoms with Crippen LogP contribution in [0.1, 0.15) is 46.0 Å². The molecule has 1 rings (SSSR count). The van der Waals surface area contributed by atoms with Crippen LogP contribution in [0.25, 0.3) is 0 Å². The van der Waals surface area contributed by atoms with Crippen molar-refractivity contribution in [3.63, 3.8) is 0 Å². The molecule has 1 unspecified atom stereocenters. The average Bonchev–Trinajstić information content (AvgIpc) is 2.79. The highest BCUT2D eigenvalue weighted by atomic mass is 16.5. The zero-order valence-electron chi connectivity index (χ0n) is 11.2. The molecule has 1 heterocycles. The quantitative estimate of drug-likeness (QED) is 0.633. The summed E-state index contributed by atoms with van der Waals surface area (Å²) >= 11 is 0. The first-order chi connectivity index (χ1) is 8.25.